The molecular weight excluding hydrogens is 258 g/mol. The molecule has 1 aromatic carbocycles. The number of ether oxygens (including phenoxy) is 2. The van der Waals surface area contributed by atoms with Gasteiger partial charge in [0.1, 0.15) is 12.4 Å². The molecule has 108 valence electrons. The van der Waals surface area contributed by atoms with Gasteiger partial charge in [0.05, 0.1) is 13.7 Å². The van der Waals surface area contributed by atoms with E-state index in [0.29, 0.717) is 13.0 Å². The van der Waals surface area contributed by atoms with Crippen LogP contribution in [-0.4, -0.2) is 32.1 Å². The smallest absolute Gasteiger partial charge is 0.305 e. The molecule has 0 heterocycles. The Bertz CT molecular complexity index is 465. The molecular formula is C15H19NO4. The lowest BCUT2D eigenvalue weighted by atomic mass is 10.2. The molecule has 5 heteroatoms. The number of esters is 1. The van der Waals surface area contributed by atoms with Gasteiger partial charge in [-0.25, -0.2) is 0 Å². The lowest BCUT2D eigenvalue weighted by molar-refractivity contribution is -0.143. The highest BCUT2D eigenvalue weighted by molar-refractivity contribution is 5.91. The summed E-state index contributed by atoms with van der Waals surface area (Å²) in [6.07, 6.45) is 3.47. The molecule has 1 N–H and O–H groups in total. The molecule has 0 fully saturated rings. The van der Waals surface area contributed by atoms with Crippen LogP contribution in [0, 0.1) is 0 Å². The molecule has 1 amide bonds. The average molecular weight is 277 g/mol. The Hall–Kier alpha value is -2.30. The van der Waals surface area contributed by atoms with Gasteiger partial charge < -0.3 is 14.8 Å². The minimum absolute atomic E-state index is 0.189. The second kappa shape index (κ2) is 8.74. The Morgan fingerprint density at radius 2 is 1.95 bits per heavy atom. The molecule has 0 unspecified atom stereocenters. The van der Waals surface area contributed by atoms with Crippen LogP contribution in [0.25, 0.3) is 6.08 Å². The Morgan fingerprint density at radius 1 is 1.25 bits per heavy atom. The molecule has 0 atom stereocenters. The summed E-state index contributed by atoms with van der Waals surface area (Å²) in [5, 5.41) is 2.63. The predicted octanol–water partition coefficient (Wildman–Crippen LogP) is 1.78. The van der Waals surface area contributed by atoms with Gasteiger partial charge in [-0.05, 0) is 23.8 Å². The van der Waals surface area contributed by atoms with Crippen LogP contribution in [0.2, 0.25) is 0 Å². The highest BCUT2D eigenvalue weighted by Gasteiger charge is 1.99. The Labute approximate surface area is 118 Å². The quantitative estimate of drug-likeness (QED) is 0.469. The molecule has 0 aliphatic carbocycles. The molecule has 1 aromatic rings. The summed E-state index contributed by atoms with van der Waals surface area (Å²) < 4.78 is 9.88. The van der Waals surface area contributed by atoms with E-state index in [1.54, 1.807) is 20.1 Å². The Balaban J connectivity index is 2.30. The summed E-state index contributed by atoms with van der Waals surface area (Å²) in [6.45, 7) is 2.21. The fourth-order valence-corrected chi connectivity index (χ4v) is 1.39. The van der Waals surface area contributed by atoms with E-state index in [1.807, 2.05) is 24.3 Å². The van der Waals surface area contributed by atoms with Crippen molar-refractivity contribution in [3.8, 4) is 5.75 Å². The summed E-state index contributed by atoms with van der Waals surface area (Å²) in [6, 6.07) is 7.35. The zero-order valence-corrected chi connectivity index (χ0v) is 11.7. The van der Waals surface area contributed by atoms with Gasteiger partial charge in [-0.3, -0.25) is 9.59 Å². The maximum absolute atomic E-state index is 11.5. The van der Waals surface area contributed by atoms with Crippen molar-refractivity contribution in [3.05, 3.63) is 35.9 Å². The lowest BCUT2D eigenvalue weighted by Gasteiger charge is -2.03. The van der Waals surface area contributed by atoms with Crippen molar-refractivity contribution < 1.29 is 19.1 Å². The maximum atomic E-state index is 11.5. The second-order valence-corrected chi connectivity index (χ2v) is 3.97. The molecule has 0 saturated heterocycles. The maximum Gasteiger partial charge on any atom is 0.305 e. The molecule has 0 aliphatic rings. The summed E-state index contributed by atoms with van der Waals surface area (Å²) >= 11 is 0. The number of nitrogens with one attached hydrogen (secondary N) is 1. The summed E-state index contributed by atoms with van der Waals surface area (Å²) in [5.74, 6) is 0.269. The highest BCUT2D eigenvalue weighted by Crippen LogP contribution is 2.12. The molecule has 1 rings (SSSR count). The SMILES string of the molecule is CCC(=O)OCCNC(=O)/C=C\c1ccc(OC)cc1. The van der Waals surface area contributed by atoms with E-state index in [1.165, 1.54) is 6.08 Å². The zero-order valence-electron chi connectivity index (χ0n) is 11.7. The first-order chi connectivity index (χ1) is 9.65. The average Bonchev–Trinajstić information content (AvgIpc) is 2.49. The first-order valence-electron chi connectivity index (χ1n) is 6.41. The number of carbonyl (C=O) groups is 2. The normalized spacial score (nSPS) is 10.3. The lowest BCUT2D eigenvalue weighted by Crippen LogP contribution is -2.26. The molecule has 0 aliphatic heterocycles. The van der Waals surface area contributed by atoms with Gasteiger partial charge in [-0.1, -0.05) is 19.1 Å². The standard InChI is InChI=1S/C15H19NO4/c1-3-15(18)20-11-10-16-14(17)9-6-12-4-7-13(19-2)8-5-12/h4-9H,3,10-11H2,1-2H3,(H,16,17)/b9-6-. The van der Waals surface area contributed by atoms with E-state index in [0.717, 1.165) is 11.3 Å². The number of amides is 1. The van der Waals surface area contributed by atoms with Gasteiger partial charge in [0, 0.05) is 12.5 Å². The van der Waals surface area contributed by atoms with Crippen molar-refractivity contribution >= 4 is 18.0 Å². The van der Waals surface area contributed by atoms with Gasteiger partial charge in [-0.2, -0.15) is 0 Å². The van der Waals surface area contributed by atoms with Crippen LogP contribution >= 0.6 is 0 Å². The van der Waals surface area contributed by atoms with E-state index in [2.05, 4.69) is 5.32 Å². The molecule has 0 aromatic heterocycles. The third-order valence-electron chi connectivity index (χ3n) is 2.50. The fraction of sp³-hybridized carbons (Fsp3) is 0.333. The highest BCUT2D eigenvalue weighted by atomic mass is 16.5. The van der Waals surface area contributed by atoms with Gasteiger partial charge in [0.2, 0.25) is 5.91 Å². The van der Waals surface area contributed by atoms with Crippen molar-refractivity contribution in [2.24, 2.45) is 0 Å². The van der Waals surface area contributed by atoms with Crippen molar-refractivity contribution in [1.29, 1.82) is 0 Å². The van der Waals surface area contributed by atoms with E-state index in [-0.39, 0.29) is 18.5 Å². The number of carbonyl (C=O) groups excluding carboxylic acids is 2. The van der Waals surface area contributed by atoms with E-state index in [9.17, 15) is 9.59 Å². The van der Waals surface area contributed by atoms with Crippen LogP contribution in [0.4, 0.5) is 0 Å². The third-order valence-corrected chi connectivity index (χ3v) is 2.50. The van der Waals surface area contributed by atoms with Crippen molar-refractivity contribution in [1.82, 2.24) is 5.32 Å². The number of methoxy groups -OCH3 is 1. The van der Waals surface area contributed by atoms with Crippen LogP contribution in [0.3, 0.4) is 0 Å². The number of hydrogen-bond acceptors (Lipinski definition) is 4. The Kier molecular flexibility index (Phi) is 6.89. The zero-order chi connectivity index (χ0) is 14.8. The summed E-state index contributed by atoms with van der Waals surface area (Å²) in [5.41, 5.74) is 0.901. The van der Waals surface area contributed by atoms with Crippen LogP contribution in [0.5, 0.6) is 5.75 Å². The van der Waals surface area contributed by atoms with E-state index >= 15 is 0 Å². The van der Waals surface area contributed by atoms with Crippen LogP contribution < -0.4 is 10.1 Å². The van der Waals surface area contributed by atoms with Crippen LogP contribution in [-0.2, 0) is 14.3 Å². The molecule has 0 bridgehead atoms. The first kappa shape index (κ1) is 15.8. The molecule has 5 nitrogen and oxygen atoms in total. The molecule has 0 saturated carbocycles. The van der Waals surface area contributed by atoms with E-state index < -0.39 is 0 Å². The first-order valence-corrected chi connectivity index (χ1v) is 6.41. The van der Waals surface area contributed by atoms with Crippen molar-refractivity contribution in [3.63, 3.8) is 0 Å². The third kappa shape index (κ3) is 6.04. The van der Waals surface area contributed by atoms with Gasteiger partial charge in [0.15, 0.2) is 0 Å². The topological polar surface area (TPSA) is 64.6 Å². The van der Waals surface area contributed by atoms with Crippen molar-refractivity contribution in [2.45, 2.75) is 13.3 Å². The molecule has 0 spiro atoms. The minimum Gasteiger partial charge on any atom is -0.497 e. The summed E-state index contributed by atoms with van der Waals surface area (Å²) in [4.78, 5) is 22.4. The van der Waals surface area contributed by atoms with Gasteiger partial charge in [-0.15, -0.1) is 0 Å². The number of hydrogen-bond donors (Lipinski definition) is 1. The minimum atomic E-state index is -0.270. The van der Waals surface area contributed by atoms with Crippen LogP contribution in [0.15, 0.2) is 30.3 Å². The predicted molar refractivity (Wildman–Crippen MR) is 76.3 cm³/mol. The molecule has 20 heavy (non-hydrogen) atoms. The fourth-order valence-electron chi connectivity index (χ4n) is 1.39. The largest absolute Gasteiger partial charge is 0.497 e. The second-order valence-electron chi connectivity index (χ2n) is 3.97. The summed E-state index contributed by atoms with van der Waals surface area (Å²) in [7, 11) is 1.60. The monoisotopic (exact) mass is 277 g/mol. The Morgan fingerprint density at radius 3 is 2.55 bits per heavy atom. The number of rotatable bonds is 7. The van der Waals surface area contributed by atoms with Gasteiger partial charge >= 0.3 is 5.97 Å². The molecule has 0 radical (unpaired) electrons. The number of benzene rings is 1. The van der Waals surface area contributed by atoms with E-state index in [4.69, 9.17) is 9.47 Å². The van der Waals surface area contributed by atoms with Crippen LogP contribution in [0.1, 0.15) is 18.9 Å². The van der Waals surface area contributed by atoms with Crippen molar-refractivity contribution in [2.75, 3.05) is 20.3 Å². The van der Waals surface area contributed by atoms with Gasteiger partial charge in [0.25, 0.3) is 0 Å².